The maximum atomic E-state index is 10.8. The van der Waals surface area contributed by atoms with E-state index >= 15 is 0 Å². The van der Waals surface area contributed by atoms with Gasteiger partial charge in [0.15, 0.2) is 5.78 Å². The van der Waals surface area contributed by atoms with E-state index in [0.29, 0.717) is 6.42 Å². The summed E-state index contributed by atoms with van der Waals surface area (Å²) >= 11 is 0. The van der Waals surface area contributed by atoms with Gasteiger partial charge in [0.25, 0.3) is 0 Å². The van der Waals surface area contributed by atoms with Crippen molar-refractivity contribution >= 4 is 5.78 Å². The van der Waals surface area contributed by atoms with Crippen molar-refractivity contribution in [3.8, 4) is 0 Å². The van der Waals surface area contributed by atoms with Gasteiger partial charge in [0.2, 0.25) is 0 Å². The van der Waals surface area contributed by atoms with Crippen LogP contribution in [0.15, 0.2) is 12.7 Å². The molecule has 0 aromatic rings. The third kappa shape index (κ3) is 1.95. The minimum Gasteiger partial charge on any atom is -0.378 e. The molecule has 1 rings (SSSR count). The number of rotatable bonds is 3. The molecule has 0 aromatic carbocycles. The van der Waals surface area contributed by atoms with Crippen LogP contribution in [0.4, 0.5) is 0 Å². The number of ether oxygens (including phenoxy) is 1. The Labute approximate surface area is 60.9 Å². The van der Waals surface area contributed by atoms with Gasteiger partial charge in [-0.15, -0.1) is 0 Å². The molecule has 0 aliphatic carbocycles. The Balaban J connectivity index is 2.23. The van der Waals surface area contributed by atoms with Crippen molar-refractivity contribution in [3.63, 3.8) is 0 Å². The molecule has 1 saturated heterocycles. The molecule has 0 radical (unpaired) electrons. The van der Waals surface area contributed by atoms with Gasteiger partial charge in [-0.05, 0) is 18.9 Å². The summed E-state index contributed by atoms with van der Waals surface area (Å²) in [7, 11) is 0. The molecule has 2 heteroatoms. The Hall–Kier alpha value is -0.630. The molecule has 0 saturated carbocycles. The van der Waals surface area contributed by atoms with Crippen LogP contribution in [0.2, 0.25) is 0 Å². The highest BCUT2D eigenvalue weighted by Gasteiger charge is 2.16. The fraction of sp³-hybridized carbons (Fsp3) is 0.625. The third-order valence-corrected chi connectivity index (χ3v) is 1.68. The van der Waals surface area contributed by atoms with Crippen LogP contribution in [0, 0.1) is 0 Å². The minimum atomic E-state index is 0.0897. The van der Waals surface area contributed by atoms with E-state index in [4.69, 9.17) is 4.74 Å². The van der Waals surface area contributed by atoms with E-state index < -0.39 is 0 Å². The number of hydrogen-bond acceptors (Lipinski definition) is 2. The zero-order valence-electron chi connectivity index (χ0n) is 6.01. The van der Waals surface area contributed by atoms with Crippen LogP contribution in [-0.4, -0.2) is 18.5 Å². The van der Waals surface area contributed by atoms with Crippen molar-refractivity contribution in [1.82, 2.24) is 0 Å². The minimum absolute atomic E-state index is 0.0897. The Morgan fingerprint density at radius 3 is 3.10 bits per heavy atom. The lowest BCUT2D eigenvalue weighted by Crippen LogP contribution is -2.09. The van der Waals surface area contributed by atoms with Crippen molar-refractivity contribution in [2.75, 3.05) is 6.61 Å². The summed E-state index contributed by atoms with van der Waals surface area (Å²) in [6.07, 6.45) is 4.17. The lowest BCUT2D eigenvalue weighted by molar-refractivity contribution is -0.116. The summed E-state index contributed by atoms with van der Waals surface area (Å²) < 4.78 is 5.26. The van der Waals surface area contributed by atoms with Crippen molar-refractivity contribution in [2.24, 2.45) is 0 Å². The first-order valence-electron chi connectivity index (χ1n) is 3.60. The third-order valence-electron chi connectivity index (χ3n) is 1.68. The molecule has 1 unspecified atom stereocenters. The predicted molar refractivity (Wildman–Crippen MR) is 38.8 cm³/mol. The van der Waals surface area contributed by atoms with Gasteiger partial charge in [0, 0.05) is 13.0 Å². The van der Waals surface area contributed by atoms with Crippen LogP contribution >= 0.6 is 0 Å². The molecule has 1 atom stereocenters. The second kappa shape index (κ2) is 3.52. The second-order valence-corrected chi connectivity index (χ2v) is 2.51. The van der Waals surface area contributed by atoms with Crippen LogP contribution < -0.4 is 0 Å². The fourth-order valence-electron chi connectivity index (χ4n) is 1.11. The summed E-state index contributed by atoms with van der Waals surface area (Å²) in [5, 5.41) is 0. The zero-order chi connectivity index (χ0) is 7.40. The van der Waals surface area contributed by atoms with E-state index in [2.05, 4.69) is 6.58 Å². The van der Waals surface area contributed by atoms with E-state index in [1.807, 2.05) is 0 Å². The molecule has 1 fully saturated rings. The molecule has 1 aliphatic rings. The van der Waals surface area contributed by atoms with E-state index in [-0.39, 0.29) is 11.9 Å². The summed E-state index contributed by atoms with van der Waals surface area (Å²) in [5.41, 5.74) is 0. The number of carbonyl (C=O) groups is 1. The van der Waals surface area contributed by atoms with Crippen LogP contribution in [0.5, 0.6) is 0 Å². The van der Waals surface area contributed by atoms with E-state index in [1.54, 1.807) is 0 Å². The summed E-state index contributed by atoms with van der Waals surface area (Å²) in [4.78, 5) is 10.8. The van der Waals surface area contributed by atoms with Crippen molar-refractivity contribution in [2.45, 2.75) is 25.4 Å². The van der Waals surface area contributed by atoms with Gasteiger partial charge in [-0.2, -0.15) is 0 Å². The molecule has 0 amide bonds. The van der Waals surface area contributed by atoms with E-state index in [9.17, 15) is 4.79 Å². The van der Waals surface area contributed by atoms with Gasteiger partial charge >= 0.3 is 0 Å². The number of ketones is 1. The molecule has 0 aromatic heterocycles. The predicted octanol–water partition coefficient (Wildman–Crippen LogP) is 1.31. The Bertz CT molecular complexity index is 134. The highest BCUT2D eigenvalue weighted by molar-refractivity contribution is 5.89. The topological polar surface area (TPSA) is 26.3 Å². The summed E-state index contributed by atoms with van der Waals surface area (Å²) in [5.74, 6) is 0.0897. The van der Waals surface area contributed by atoms with E-state index in [1.165, 1.54) is 6.08 Å². The van der Waals surface area contributed by atoms with Crippen LogP contribution in [-0.2, 0) is 9.53 Å². The van der Waals surface area contributed by atoms with Gasteiger partial charge in [0.05, 0.1) is 6.10 Å². The SMILES string of the molecule is C=CC(=O)CC1CCCO1. The van der Waals surface area contributed by atoms with Crippen molar-refractivity contribution < 1.29 is 9.53 Å². The lowest BCUT2D eigenvalue weighted by Gasteiger charge is -2.04. The molecule has 10 heavy (non-hydrogen) atoms. The van der Waals surface area contributed by atoms with Gasteiger partial charge in [-0.25, -0.2) is 0 Å². The first kappa shape index (κ1) is 7.48. The smallest absolute Gasteiger partial charge is 0.157 e. The molecule has 0 spiro atoms. The standard InChI is InChI=1S/C8H12O2/c1-2-7(9)6-8-4-3-5-10-8/h2,8H,1,3-6H2. The first-order chi connectivity index (χ1) is 4.83. The molecule has 56 valence electrons. The quantitative estimate of drug-likeness (QED) is 0.552. The molecule has 0 N–H and O–H groups in total. The highest BCUT2D eigenvalue weighted by atomic mass is 16.5. The van der Waals surface area contributed by atoms with Gasteiger partial charge in [0.1, 0.15) is 0 Å². The lowest BCUT2D eigenvalue weighted by atomic mass is 10.1. The van der Waals surface area contributed by atoms with Crippen molar-refractivity contribution in [3.05, 3.63) is 12.7 Å². The maximum absolute atomic E-state index is 10.8. The van der Waals surface area contributed by atoms with Gasteiger partial charge in [-0.1, -0.05) is 6.58 Å². The normalized spacial score (nSPS) is 24.6. The molecule has 1 aliphatic heterocycles. The maximum Gasteiger partial charge on any atom is 0.157 e. The first-order valence-corrected chi connectivity index (χ1v) is 3.60. The van der Waals surface area contributed by atoms with Crippen LogP contribution in [0.25, 0.3) is 0 Å². The molecule has 1 heterocycles. The average molecular weight is 140 g/mol. The zero-order valence-corrected chi connectivity index (χ0v) is 6.01. The number of carbonyl (C=O) groups excluding carboxylic acids is 1. The molecule has 0 bridgehead atoms. The second-order valence-electron chi connectivity index (χ2n) is 2.51. The molecular weight excluding hydrogens is 128 g/mol. The average Bonchev–Trinajstić information content (AvgIpc) is 2.40. The van der Waals surface area contributed by atoms with Crippen molar-refractivity contribution in [1.29, 1.82) is 0 Å². The Kier molecular flexibility index (Phi) is 2.63. The van der Waals surface area contributed by atoms with Gasteiger partial charge in [-0.3, -0.25) is 4.79 Å². The van der Waals surface area contributed by atoms with Gasteiger partial charge < -0.3 is 4.74 Å². The fourth-order valence-corrected chi connectivity index (χ4v) is 1.11. The van der Waals surface area contributed by atoms with Crippen LogP contribution in [0.3, 0.4) is 0 Å². The monoisotopic (exact) mass is 140 g/mol. The summed E-state index contributed by atoms with van der Waals surface area (Å²) in [6, 6.07) is 0. The largest absolute Gasteiger partial charge is 0.378 e. The molecular formula is C8H12O2. The number of allylic oxidation sites excluding steroid dienone is 1. The van der Waals surface area contributed by atoms with Crippen LogP contribution in [0.1, 0.15) is 19.3 Å². The number of hydrogen-bond donors (Lipinski definition) is 0. The Morgan fingerprint density at radius 2 is 2.60 bits per heavy atom. The Morgan fingerprint density at radius 1 is 1.80 bits per heavy atom. The summed E-state index contributed by atoms with van der Waals surface area (Å²) in [6.45, 7) is 4.21. The highest BCUT2D eigenvalue weighted by Crippen LogP contribution is 2.15. The van der Waals surface area contributed by atoms with E-state index in [0.717, 1.165) is 19.4 Å². The molecule has 2 nitrogen and oxygen atoms in total.